The third-order valence-corrected chi connectivity index (χ3v) is 5.43. The Hall–Kier alpha value is -0.690. The molecule has 1 aliphatic rings. The second-order valence-corrected chi connectivity index (χ2v) is 6.77. The first-order chi connectivity index (χ1) is 8.69. The number of hydrogen-bond acceptors (Lipinski definition) is 4. The van der Waals surface area contributed by atoms with Gasteiger partial charge in [-0.2, -0.15) is 0 Å². The molecule has 0 spiro atoms. The molecule has 5 heteroatoms. The molecule has 0 bridgehead atoms. The fraction of sp³-hybridized carbons (Fsp3) is 0.385. The van der Waals surface area contributed by atoms with Crippen molar-refractivity contribution in [3.63, 3.8) is 0 Å². The molecule has 18 heavy (non-hydrogen) atoms. The van der Waals surface area contributed by atoms with Crippen LogP contribution in [0.4, 0.5) is 5.82 Å². The Bertz CT molecular complexity index is 590. The molecule has 2 heterocycles. The predicted octanol–water partition coefficient (Wildman–Crippen LogP) is 3.83. The molecule has 0 amide bonds. The lowest BCUT2D eigenvalue weighted by molar-refractivity contribution is 0.985. The summed E-state index contributed by atoms with van der Waals surface area (Å²) in [7, 11) is 0. The smallest absolute Gasteiger partial charge is 0.171 e. The van der Waals surface area contributed by atoms with Gasteiger partial charge in [-0.05, 0) is 54.0 Å². The maximum absolute atomic E-state index is 6.01. The van der Waals surface area contributed by atoms with Crippen molar-refractivity contribution in [3.8, 4) is 10.7 Å². The first-order valence-electron chi connectivity index (χ1n) is 6.11. The zero-order valence-corrected chi connectivity index (χ0v) is 13.1. The Balaban J connectivity index is 2.06. The lowest BCUT2D eigenvalue weighted by Gasteiger charge is -2.06. The van der Waals surface area contributed by atoms with E-state index in [1.807, 2.05) is 0 Å². The molecular formula is C13H14IN3S. The molecule has 0 atom stereocenters. The van der Waals surface area contributed by atoms with Crippen molar-refractivity contribution in [1.29, 1.82) is 0 Å². The largest absolute Gasteiger partial charge is 0.383 e. The number of nitrogens with zero attached hydrogens (tertiary/aromatic N) is 2. The number of nitrogens with two attached hydrogens (primary N) is 1. The zero-order valence-electron chi connectivity index (χ0n) is 10.1. The summed E-state index contributed by atoms with van der Waals surface area (Å²) in [5.41, 5.74) is 7.15. The molecule has 2 aromatic heterocycles. The van der Waals surface area contributed by atoms with Crippen LogP contribution in [0.5, 0.6) is 0 Å². The van der Waals surface area contributed by atoms with E-state index in [4.69, 9.17) is 10.7 Å². The predicted molar refractivity (Wildman–Crippen MR) is 83.8 cm³/mol. The Labute approximate surface area is 124 Å². The molecule has 0 unspecified atom stereocenters. The number of halogens is 1. The SMILES string of the molecule is CCc1ccc(-c2nc(N)c(I)c(C3CC3)n2)s1. The Morgan fingerprint density at radius 1 is 1.39 bits per heavy atom. The third-order valence-electron chi connectivity index (χ3n) is 3.10. The monoisotopic (exact) mass is 371 g/mol. The van der Waals surface area contributed by atoms with Gasteiger partial charge in [-0.25, -0.2) is 9.97 Å². The topological polar surface area (TPSA) is 51.8 Å². The molecular weight excluding hydrogens is 357 g/mol. The summed E-state index contributed by atoms with van der Waals surface area (Å²) in [5.74, 6) is 2.01. The summed E-state index contributed by atoms with van der Waals surface area (Å²) >= 11 is 4.02. The number of thiophene rings is 1. The van der Waals surface area contributed by atoms with E-state index in [0.29, 0.717) is 11.7 Å². The van der Waals surface area contributed by atoms with Crippen LogP contribution in [0.1, 0.15) is 36.3 Å². The Kier molecular flexibility index (Phi) is 3.27. The molecule has 94 valence electrons. The normalized spacial score (nSPS) is 15.0. The van der Waals surface area contributed by atoms with Crippen LogP contribution in [0.25, 0.3) is 10.7 Å². The van der Waals surface area contributed by atoms with Crippen LogP contribution in [0.15, 0.2) is 12.1 Å². The average Bonchev–Trinajstić information content (AvgIpc) is 3.09. The van der Waals surface area contributed by atoms with E-state index in [1.54, 1.807) is 11.3 Å². The van der Waals surface area contributed by atoms with E-state index in [0.717, 1.165) is 26.4 Å². The van der Waals surface area contributed by atoms with Crippen LogP contribution >= 0.6 is 33.9 Å². The zero-order chi connectivity index (χ0) is 12.7. The minimum Gasteiger partial charge on any atom is -0.383 e. The van der Waals surface area contributed by atoms with Gasteiger partial charge in [0.2, 0.25) is 0 Å². The molecule has 1 saturated carbocycles. The third kappa shape index (κ3) is 2.25. The van der Waals surface area contributed by atoms with Gasteiger partial charge < -0.3 is 5.73 Å². The van der Waals surface area contributed by atoms with Gasteiger partial charge in [-0.3, -0.25) is 0 Å². The number of hydrogen-bond donors (Lipinski definition) is 1. The number of anilines is 1. The first-order valence-corrected chi connectivity index (χ1v) is 8.00. The van der Waals surface area contributed by atoms with Crippen molar-refractivity contribution in [2.24, 2.45) is 0 Å². The fourth-order valence-corrected chi connectivity index (χ4v) is 3.47. The molecule has 0 aromatic carbocycles. The Morgan fingerprint density at radius 2 is 2.17 bits per heavy atom. The summed E-state index contributed by atoms with van der Waals surface area (Å²) in [5, 5.41) is 0. The second-order valence-electron chi connectivity index (χ2n) is 4.53. The molecule has 0 saturated heterocycles. The van der Waals surface area contributed by atoms with Crippen molar-refractivity contribution >= 4 is 39.7 Å². The Morgan fingerprint density at radius 3 is 2.78 bits per heavy atom. The lowest BCUT2D eigenvalue weighted by atomic mass is 10.2. The number of rotatable bonds is 3. The van der Waals surface area contributed by atoms with Gasteiger partial charge in [-0.1, -0.05) is 6.92 Å². The van der Waals surface area contributed by atoms with Crippen molar-refractivity contribution in [1.82, 2.24) is 9.97 Å². The van der Waals surface area contributed by atoms with E-state index in [2.05, 4.69) is 46.6 Å². The standard InChI is InChI=1S/C13H14IN3S/c1-2-8-5-6-9(18-8)13-16-11(7-3-4-7)10(14)12(15)17-13/h5-7H,2-4H2,1H3,(H2,15,16,17). The van der Waals surface area contributed by atoms with Gasteiger partial charge in [0.25, 0.3) is 0 Å². The van der Waals surface area contributed by atoms with Gasteiger partial charge in [0, 0.05) is 10.8 Å². The van der Waals surface area contributed by atoms with Crippen LogP contribution in [0, 0.1) is 3.57 Å². The maximum Gasteiger partial charge on any atom is 0.171 e. The number of nitrogen functional groups attached to an aromatic ring is 1. The van der Waals surface area contributed by atoms with Gasteiger partial charge >= 0.3 is 0 Å². The van der Waals surface area contributed by atoms with Crippen LogP contribution < -0.4 is 5.73 Å². The van der Waals surface area contributed by atoms with Crippen molar-refractivity contribution in [2.45, 2.75) is 32.1 Å². The van der Waals surface area contributed by atoms with Gasteiger partial charge in [0.05, 0.1) is 14.1 Å². The summed E-state index contributed by atoms with van der Waals surface area (Å²) in [6, 6.07) is 4.25. The van der Waals surface area contributed by atoms with E-state index < -0.39 is 0 Å². The molecule has 1 aliphatic carbocycles. The molecule has 1 fully saturated rings. The summed E-state index contributed by atoms with van der Waals surface area (Å²) in [4.78, 5) is 11.6. The first kappa shape index (κ1) is 12.3. The van der Waals surface area contributed by atoms with E-state index in [9.17, 15) is 0 Å². The van der Waals surface area contributed by atoms with E-state index >= 15 is 0 Å². The van der Waals surface area contributed by atoms with Crippen LogP contribution in [-0.2, 0) is 6.42 Å². The second kappa shape index (κ2) is 4.77. The summed E-state index contributed by atoms with van der Waals surface area (Å²) in [6.07, 6.45) is 3.52. The highest BCUT2D eigenvalue weighted by molar-refractivity contribution is 14.1. The molecule has 2 N–H and O–H groups in total. The molecule has 3 nitrogen and oxygen atoms in total. The minimum atomic E-state index is 0.603. The molecule has 0 radical (unpaired) electrons. The lowest BCUT2D eigenvalue weighted by Crippen LogP contribution is -2.03. The minimum absolute atomic E-state index is 0.603. The van der Waals surface area contributed by atoms with Crippen LogP contribution in [0.2, 0.25) is 0 Å². The van der Waals surface area contributed by atoms with Gasteiger partial charge in [0.15, 0.2) is 5.82 Å². The maximum atomic E-state index is 6.01. The molecule has 0 aliphatic heterocycles. The van der Waals surface area contributed by atoms with Crippen LogP contribution in [0.3, 0.4) is 0 Å². The van der Waals surface area contributed by atoms with E-state index in [1.165, 1.54) is 17.7 Å². The van der Waals surface area contributed by atoms with Crippen LogP contribution in [-0.4, -0.2) is 9.97 Å². The average molecular weight is 371 g/mol. The molecule has 3 rings (SSSR count). The van der Waals surface area contributed by atoms with E-state index in [-0.39, 0.29) is 0 Å². The highest BCUT2D eigenvalue weighted by Crippen LogP contribution is 2.42. The van der Waals surface area contributed by atoms with Gasteiger partial charge in [-0.15, -0.1) is 11.3 Å². The quantitative estimate of drug-likeness (QED) is 0.835. The summed E-state index contributed by atoms with van der Waals surface area (Å²) in [6.45, 7) is 2.16. The van der Waals surface area contributed by atoms with Crippen molar-refractivity contribution < 1.29 is 0 Å². The molecule has 2 aromatic rings. The highest BCUT2D eigenvalue weighted by Gasteiger charge is 2.29. The fourth-order valence-electron chi connectivity index (χ4n) is 1.91. The highest BCUT2D eigenvalue weighted by atomic mass is 127. The van der Waals surface area contributed by atoms with Gasteiger partial charge in [0.1, 0.15) is 5.82 Å². The van der Waals surface area contributed by atoms with Crippen molar-refractivity contribution in [2.75, 3.05) is 5.73 Å². The number of aromatic nitrogens is 2. The van der Waals surface area contributed by atoms with Crippen molar-refractivity contribution in [3.05, 3.63) is 26.3 Å². The number of aryl methyl sites for hydroxylation is 1. The summed E-state index contributed by atoms with van der Waals surface area (Å²) < 4.78 is 1.03.